The van der Waals surface area contributed by atoms with E-state index in [9.17, 15) is 0 Å². The Labute approximate surface area is 196 Å². The van der Waals surface area contributed by atoms with E-state index in [4.69, 9.17) is 16.3 Å². The molecule has 0 aliphatic carbocycles. The van der Waals surface area contributed by atoms with Gasteiger partial charge >= 0.3 is 0 Å². The molecule has 1 aliphatic heterocycles. The predicted octanol–water partition coefficient (Wildman–Crippen LogP) is 4.93. The predicted molar refractivity (Wildman–Crippen MR) is 130 cm³/mol. The number of halogens is 2. The number of nitrogens with one attached hydrogen (secondary N) is 3. The fourth-order valence-corrected chi connectivity index (χ4v) is 4.22. The van der Waals surface area contributed by atoms with Gasteiger partial charge in [0.05, 0.1) is 12.9 Å². The van der Waals surface area contributed by atoms with Crippen LogP contribution in [-0.2, 0) is 13.0 Å². The first-order valence-corrected chi connectivity index (χ1v) is 11.6. The number of hydrogen-bond acceptors (Lipinski definition) is 4. The Morgan fingerprint density at radius 3 is 2.84 bits per heavy atom. The van der Waals surface area contributed by atoms with E-state index in [1.54, 1.807) is 6.33 Å². The zero-order chi connectivity index (χ0) is 21.5. The molecule has 162 valence electrons. The summed E-state index contributed by atoms with van der Waals surface area (Å²) < 4.78 is 7.04. The van der Waals surface area contributed by atoms with Crippen molar-refractivity contribution < 1.29 is 4.74 Å². The van der Waals surface area contributed by atoms with Gasteiger partial charge in [0.15, 0.2) is 0 Å². The Balaban J connectivity index is 1.45. The van der Waals surface area contributed by atoms with Crippen molar-refractivity contribution in [3.05, 3.63) is 80.8 Å². The van der Waals surface area contributed by atoms with Crippen molar-refractivity contribution >= 4 is 39.7 Å². The lowest BCUT2D eigenvalue weighted by Gasteiger charge is -2.27. The van der Waals surface area contributed by atoms with E-state index in [2.05, 4.69) is 66.9 Å². The standard InChI is InChI=1S/C24H26BrClN4O/c25-24-10-21(26)4-3-20(24)2-1-17-7-18(11-27-12-19-13-28-14-19)9-23(8-17)31-6-5-22-15-29-16-30-22/h1-4,7-10,15-16,19,27-28H,5-6,11-14H2,(H,29,30)/b2-1-. The molecular formula is C24H26BrClN4O. The quantitative estimate of drug-likeness (QED) is 0.345. The second-order valence-electron chi connectivity index (χ2n) is 7.74. The van der Waals surface area contributed by atoms with E-state index in [0.717, 1.165) is 65.6 Å². The molecule has 3 aromatic rings. The van der Waals surface area contributed by atoms with Crippen LogP contribution in [0.2, 0.25) is 5.02 Å². The van der Waals surface area contributed by atoms with E-state index >= 15 is 0 Å². The van der Waals surface area contributed by atoms with Gasteiger partial charge in [0.1, 0.15) is 5.75 Å². The number of nitrogens with zero attached hydrogens (tertiary/aromatic N) is 1. The first-order valence-electron chi connectivity index (χ1n) is 10.4. The maximum Gasteiger partial charge on any atom is 0.120 e. The molecule has 1 fully saturated rings. The summed E-state index contributed by atoms with van der Waals surface area (Å²) in [5.74, 6) is 1.61. The Kier molecular flexibility index (Phi) is 7.81. The summed E-state index contributed by atoms with van der Waals surface area (Å²) in [5.41, 5.74) is 4.45. The van der Waals surface area contributed by atoms with Crippen LogP contribution in [-0.4, -0.2) is 36.2 Å². The van der Waals surface area contributed by atoms with Crippen LogP contribution in [0.1, 0.15) is 22.4 Å². The Morgan fingerprint density at radius 2 is 2.10 bits per heavy atom. The lowest BCUT2D eigenvalue weighted by molar-refractivity contribution is 0.319. The maximum absolute atomic E-state index is 6.07. The highest BCUT2D eigenvalue weighted by Crippen LogP contribution is 2.25. The van der Waals surface area contributed by atoms with Crippen molar-refractivity contribution in [2.24, 2.45) is 5.92 Å². The molecule has 4 rings (SSSR count). The molecule has 1 aromatic heterocycles. The normalized spacial score (nSPS) is 14.1. The third-order valence-corrected chi connectivity index (χ3v) is 6.15. The molecule has 1 aliphatic rings. The minimum absolute atomic E-state index is 0.596. The summed E-state index contributed by atoms with van der Waals surface area (Å²) in [7, 11) is 0. The van der Waals surface area contributed by atoms with E-state index in [1.807, 2.05) is 24.4 Å². The van der Waals surface area contributed by atoms with E-state index in [-0.39, 0.29) is 0 Å². The van der Waals surface area contributed by atoms with Crippen molar-refractivity contribution in [3.63, 3.8) is 0 Å². The summed E-state index contributed by atoms with van der Waals surface area (Å²) in [5, 5.41) is 7.60. The fraction of sp³-hybridized carbons (Fsp3) is 0.292. The first-order chi connectivity index (χ1) is 15.2. The van der Waals surface area contributed by atoms with Crippen LogP contribution in [0.15, 0.2) is 53.4 Å². The molecular weight excluding hydrogens is 476 g/mol. The van der Waals surface area contributed by atoms with Gasteiger partial charge in [-0.15, -0.1) is 0 Å². The molecule has 0 radical (unpaired) electrons. The first kappa shape index (κ1) is 22.1. The van der Waals surface area contributed by atoms with Gasteiger partial charge in [-0.3, -0.25) is 0 Å². The van der Waals surface area contributed by atoms with Crippen molar-refractivity contribution in [2.75, 3.05) is 26.2 Å². The number of aromatic nitrogens is 2. The van der Waals surface area contributed by atoms with E-state index < -0.39 is 0 Å². The summed E-state index contributed by atoms with van der Waals surface area (Å²) in [6, 6.07) is 12.2. The number of hydrogen-bond donors (Lipinski definition) is 3. The summed E-state index contributed by atoms with van der Waals surface area (Å²) in [6.45, 7) is 4.65. The average molecular weight is 502 g/mol. The van der Waals surface area contributed by atoms with Crippen LogP contribution in [0.5, 0.6) is 5.75 Å². The lowest BCUT2D eigenvalue weighted by atomic mass is 10.0. The molecule has 7 heteroatoms. The molecule has 0 amide bonds. The zero-order valence-electron chi connectivity index (χ0n) is 17.2. The molecule has 0 saturated carbocycles. The third kappa shape index (κ3) is 6.68. The molecule has 2 aromatic carbocycles. The number of benzene rings is 2. The topological polar surface area (TPSA) is 62.0 Å². The van der Waals surface area contributed by atoms with Gasteiger partial charge in [-0.05, 0) is 46.9 Å². The van der Waals surface area contributed by atoms with Crippen LogP contribution < -0.4 is 15.4 Å². The molecule has 0 bridgehead atoms. The molecule has 1 saturated heterocycles. The van der Waals surface area contributed by atoms with Gasteiger partial charge in [-0.1, -0.05) is 51.8 Å². The van der Waals surface area contributed by atoms with Crippen LogP contribution in [0.25, 0.3) is 12.2 Å². The highest BCUT2D eigenvalue weighted by atomic mass is 79.9. The van der Waals surface area contributed by atoms with Gasteiger partial charge in [-0.25, -0.2) is 4.98 Å². The number of ether oxygens (including phenoxy) is 1. The number of aromatic amines is 1. The molecule has 0 spiro atoms. The SMILES string of the molecule is Clc1ccc(/C=C\c2cc(CNCC3CNC3)cc(OCCc3cnc[nH]3)c2)c(Br)c1. The molecule has 0 atom stereocenters. The van der Waals surface area contributed by atoms with Gasteiger partial charge in [0.25, 0.3) is 0 Å². The third-order valence-electron chi connectivity index (χ3n) is 5.23. The monoisotopic (exact) mass is 500 g/mol. The minimum Gasteiger partial charge on any atom is -0.493 e. The number of rotatable bonds is 10. The zero-order valence-corrected chi connectivity index (χ0v) is 19.5. The van der Waals surface area contributed by atoms with Crippen molar-refractivity contribution in [1.82, 2.24) is 20.6 Å². The van der Waals surface area contributed by atoms with Crippen LogP contribution >= 0.6 is 27.5 Å². The summed E-state index contributed by atoms with van der Waals surface area (Å²) in [6.07, 6.45) is 8.50. The van der Waals surface area contributed by atoms with Gasteiger partial charge in [0, 0.05) is 54.0 Å². The minimum atomic E-state index is 0.596. The lowest BCUT2D eigenvalue weighted by Crippen LogP contribution is -2.47. The largest absolute Gasteiger partial charge is 0.493 e. The Hall–Kier alpha value is -2.12. The number of imidazole rings is 1. The van der Waals surface area contributed by atoms with E-state index in [1.165, 1.54) is 5.56 Å². The van der Waals surface area contributed by atoms with Crippen LogP contribution in [0, 0.1) is 5.92 Å². The average Bonchev–Trinajstić information content (AvgIpc) is 3.23. The smallest absolute Gasteiger partial charge is 0.120 e. The summed E-state index contributed by atoms with van der Waals surface area (Å²) in [4.78, 5) is 7.17. The van der Waals surface area contributed by atoms with Gasteiger partial charge in [-0.2, -0.15) is 0 Å². The molecule has 2 heterocycles. The highest BCUT2D eigenvalue weighted by molar-refractivity contribution is 9.10. The summed E-state index contributed by atoms with van der Waals surface area (Å²) >= 11 is 9.64. The van der Waals surface area contributed by atoms with Crippen LogP contribution in [0.4, 0.5) is 0 Å². The number of H-pyrrole nitrogens is 1. The van der Waals surface area contributed by atoms with Crippen molar-refractivity contribution in [2.45, 2.75) is 13.0 Å². The Morgan fingerprint density at radius 1 is 1.19 bits per heavy atom. The van der Waals surface area contributed by atoms with Crippen molar-refractivity contribution in [1.29, 1.82) is 0 Å². The van der Waals surface area contributed by atoms with Gasteiger partial charge < -0.3 is 20.4 Å². The molecule has 3 N–H and O–H groups in total. The van der Waals surface area contributed by atoms with Gasteiger partial charge in [0.2, 0.25) is 0 Å². The maximum atomic E-state index is 6.07. The fourth-order valence-electron chi connectivity index (χ4n) is 3.40. The Bertz CT molecular complexity index is 1020. The molecule has 5 nitrogen and oxygen atoms in total. The highest BCUT2D eigenvalue weighted by Gasteiger charge is 2.15. The van der Waals surface area contributed by atoms with Crippen molar-refractivity contribution in [3.8, 4) is 5.75 Å². The van der Waals surface area contributed by atoms with E-state index in [0.29, 0.717) is 11.6 Å². The second kappa shape index (κ2) is 11.0. The molecule has 0 unspecified atom stereocenters. The second-order valence-corrected chi connectivity index (χ2v) is 9.03. The molecule has 31 heavy (non-hydrogen) atoms. The van der Waals surface area contributed by atoms with Crippen LogP contribution in [0.3, 0.4) is 0 Å².